The third-order valence-corrected chi connectivity index (χ3v) is 5.78. The zero-order valence-electron chi connectivity index (χ0n) is 16.1. The van der Waals surface area contributed by atoms with Crippen LogP contribution >= 0.6 is 0 Å². The molecule has 5 rings (SSSR count). The summed E-state index contributed by atoms with van der Waals surface area (Å²) >= 11 is 0. The van der Waals surface area contributed by atoms with Crippen LogP contribution in [0.3, 0.4) is 0 Å². The summed E-state index contributed by atoms with van der Waals surface area (Å²) < 4.78 is 7.97. The molecule has 28 heavy (non-hydrogen) atoms. The molecule has 1 unspecified atom stereocenters. The van der Waals surface area contributed by atoms with Crippen LogP contribution in [0.15, 0.2) is 48.8 Å². The van der Waals surface area contributed by atoms with Gasteiger partial charge in [-0.05, 0) is 73.3 Å². The van der Waals surface area contributed by atoms with Crippen LogP contribution in [0.1, 0.15) is 31.7 Å². The number of aliphatic hydroxyl groups excluding tert-OH is 1. The summed E-state index contributed by atoms with van der Waals surface area (Å²) in [5, 5.41) is 17.1. The van der Waals surface area contributed by atoms with Gasteiger partial charge in [0, 0.05) is 18.3 Å². The van der Waals surface area contributed by atoms with Crippen LogP contribution in [0.4, 0.5) is 0 Å². The van der Waals surface area contributed by atoms with E-state index in [0.717, 1.165) is 29.8 Å². The van der Waals surface area contributed by atoms with Gasteiger partial charge in [-0.1, -0.05) is 18.2 Å². The number of hydrogen-bond donors (Lipinski definition) is 1. The van der Waals surface area contributed by atoms with Crippen molar-refractivity contribution in [3.8, 4) is 16.9 Å². The molecule has 2 aromatic carbocycles. The fraction of sp³-hybridized carbons (Fsp3) is 0.435. The van der Waals surface area contributed by atoms with Crippen molar-refractivity contribution < 1.29 is 9.84 Å². The Kier molecular flexibility index (Phi) is 4.79. The topological polar surface area (TPSA) is 50.5 Å². The Labute approximate surface area is 165 Å². The van der Waals surface area contributed by atoms with Gasteiger partial charge in [0.2, 0.25) is 0 Å². The van der Waals surface area contributed by atoms with Gasteiger partial charge in [0.25, 0.3) is 0 Å². The molecule has 5 nitrogen and oxygen atoms in total. The first kappa shape index (κ1) is 17.7. The number of likely N-dealkylation sites (tertiary alicyclic amines) is 1. The number of rotatable bonds is 7. The summed E-state index contributed by atoms with van der Waals surface area (Å²) in [4.78, 5) is 2.31. The Morgan fingerprint density at radius 1 is 1.04 bits per heavy atom. The molecule has 1 saturated heterocycles. The summed E-state index contributed by atoms with van der Waals surface area (Å²) in [6.45, 7) is 3.21. The number of β-amino-alcohol motifs (C(OH)–C–C–N with tert-alkyl or cyclic N) is 1. The van der Waals surface area contributed by atoms with Crippen LogP contribution in [0, 0.1) is 0 Å². The predicted octanol–water partition coefficient (Wildman–Crippen LogP) is 3.87. The van der Waals surface area contributed by atoms with E-state index in [1.54, 1.807) is 0 Å². The second-order valence-electron chi connectivity index (χ2n) is 8.14. The van der Waals surface area contributed by atoms with Crippen molar-refractivity contribution in [2.24, 2.45) is 0 Å². The largest absolute Gasteiger partial charge is 0.491 e. The van der Waals surface area contributed by atoms with Crippen LogP contribution in [0.25, 0.3) is 21.9 Å². The van der Waals surface area contributed by atoms with E-state index in [1.165, 1.54) is 36.6 Å². The maximum Gasteiger partial charge on any atom is 0.120 e. The normalized spacial score (nSPS) is 18.6. The van der Waals surface area contributed by atoms with Gasteiger partial charge in [-0.25, -0.2) is 0 Å². The minimum absolute atomic E-state index is 0.329. The average Bonchev–Trinajstić information content (AvgIpc) is 3.22. The van der Waals surface area contributed by atoms with Crippen LogP contribution < -0.4 is 4.74 Å². The third-order valence-electron chi connectivity index (χ3n) is 5.78. The predicted molar refractivity (Wildman–Crippen MR) is 111 cm³/mol. The minimum atomic E-state index is -0.451. The van der Waals surface area contributed by atoms with E-state index >= 15 is 0 Å². The smallest absolute Gasteiger partial charge is 0.120 e. The van der Waals surface area contributed by atoms with Crippen molar-refractivity contribution in [2.45, 2.75) is 37.8 Å². The van der Waals surface area contributed by atoms with Gasteiger partial charge in [-0.3, -0.25) is 4.68 Å². The molecule has 1 N–H and O–H groups in total. The van der Waals surface area contributed by atoms with Crippen molar-refractivity contribution >= 4 is 10.8 Å². The molecule has 146 valence electrons. The fourth-order valence-corrected chi connectivity index (χ4v) is 4.03. The zero-order chi connectivity index (χ0) is 18.9. The molecule has 0 amide bonds. The van der Waals surface area contributed by atoms with Gasteiger partial charge in [0.15, 0.2) is 0 Å². The molecule has 1 atom stereocenters. The van der Waals surface area contributed by atoms with Gasteiger partial charge < -0.3 is 14.7 Å². The first-order valence-corrected chi connectivity index (χ1v) is 10.4. The van der Waals surface area contributed by atoms with Gasteiger partial charge in [-0.15, -0.1) is 0 Å². The molecule has 5 heteroatoms. The Bertz CT molecular complexity index is 957. The zero-order valence-corrected chi connectivity index (χ0v) is 16.1. The molecule has 1 aliphatic heterocycles. The van der Waals surface area contributed by atoms with E-state index in [1.807, 2.05) is 12.3 Å². The Morgan fingerprint density at radius 3 is 2.68 bits per heavy atom. The standard InChI is InChI=1S/C23H27N3O2/c27-22(15-25-9-1-2-10-25)16-28-23-8-5-17-3-4-18(11-19(17)12-23)20-13-24-26(14-20)21-6-7-21/h3-5,8,11-14,21-22,27H,1-2,6-7,9-10,15-16H2. The first-order valence-electron chi connectivity index (χ1n) is 10.4. The maximum absolute atomic E-state index is 10.3. The van der Waals surface area contributed by atoms with Crippen LogP contribution in [0.5, 0.6) is 5.75 Å². The van der Waals surface area contributed by atoms with Crippen molar-refractivity contribution in [3.63, 3.8) is 0 Å². The van der Waals surface area contributed by atoms with Gasteiger partial charge >= 0.3 is 0 Å². The summed E-state index contributed by atoms with van der Waals surface area (Å²) in [6.07, 6.45) is 8.60. The molecule has 0 bridgehead atoms. The molecule has 1 aromatic heterocycles. The highest BCUT2D eigenvalue weighted by molar-refractivity contribution is 5.88. The second-order valence-corrected chi connectivity index (χ2v) is 8.14. The average molecular weight is 377 g/mol. The van der Waals surface area contributed by atoms with E-state index in [4.69, 9.17) is 4.74 Å². The van der Waals surface area contributed by atoms with Crippen molar-refractivity contribution in [1.82, 2.24) is 14.7 Å². The fourth-order valence-electron chi connectivity index (χ4n) is 4.03. The molecule has 1 saturated carbocycles. The van der Waals surface area contributed by atoms with Crippen LogP contribution in [0.2, 0.25) is 0 Å². The lowest BCUT2D eigenvalue weighted by Gasteiger charge is -2.19. The number of aromatic nitrogens is 2. The Morgan fingerprint density at radius 2 is 1.86 bits per heavy atom. The molecule has 2 fully saturated rings. The lowest BCUT2D eigenvalue weighted by Crippen LogP contribution is -2.33. The number of benzene rings is 2. The van der Waals surface area contributed by atoms with Gasteiger partial charge in [-0.2, -0.15) is 5.10 Å². The number of aliphatic hydroxyl groups is 1. The summed E-state index contributed by atoms with van der Waals surface area (Å²) in [5.41, 5.74) is 2.33. The Balaban J connectivity index is 1.28. The molecular formula is C23H27N3O2. The van der Waals surface area contributed by atoms with E-state index in [-0.39, 0.29) is 0 Å². The monoisotopic (exact) mass is 377 g/mol. The molecule has 3 aromatic rings. The lowest BCUT2D eigenvalue weighted by molar-refractivity contribution is 0.0759. The first-order chi connectivity index (χ1) is 13.7. The Hall–Kier alpha value is -2.37. The van der Waals surface area contributed by atoms with Crippen LogP contribution in [-0.2, 0) is 0 Å². The quantitative estimate of drug-likeness (QED) is 0.679. The maximum atomic E-state index is 10.3. The number of fused-ring (bicyclic) bond motifs is 1. The van der Waals surface area contributed by atoms with Crippen molar-refractivity contribution in [2.75, 3.05) is 26.2 Å². The summed E-state index contributed by atoms with van der Waals surface area (Å²) in [5.74, 6) is 0.804. The molecule has 2 aliphatic rings. The molecule has 1 aliphatic carbocycles. The summed E-state index contributed by atoms with van der Waals surface area (Å²) in [7, 11) is 0. The summed E-state index contributed by atoms with van der Waals surface area (Å²) in [6, 6.07) is 13.2. The molecule has 0 radical (unpaired) electrons. The van der Waals surface area contributed by atoms with Gasteiger partial charge in [0.05, 0.1) is 12.2 Å². The minimum Gasteiger partial charge on any atom is -0.491 e. The van der Waals surface area contributed by atoms with E-state index < -0.39 is 6.10 Å². The third kappa shape index (κ3) is 3.91. The highest BCUT2D eigenvalue weighted by Gasteiger charge is 2.24. The van der Waals surface area contributed by atoms with E-state index in [9.17, 15) is 5.11 Å². The van der Waals surface area contributed by atoms with Crippen molar-refractivity contribution in [3.05, 3.63) is 48.8 Å². The van der Waals surface area contributed by atoms with Crippen molar-refractivity contribution in [1.29, 1.82) is 0 Å². The number of nitrogens with zero attached hydrogens (tertiary/aromatic N) is 3. The SMILES string of the molecule is OC(COc1ccc2ccc(-c3cnn(C4CC4)c3)cc2c1)CN1CCCC1. The van der Waals surface area contributed by atoms with Crippen LogP contribution in [-0.4, -0.2) is 52.1 Å². The number of hydrogen-bond acceptors (Lipinski definition) is 4. The highest BCUT2D eigenvalue weighted by Crippen LogP contribution is 2.35. The molecule has 0 spiro atoms. The highest BCUT2D eigenvalue weighted by atomic mass is 16.5. The molecular weight excluding hydrogens is 350 g/mol. The molecule has 2 heterocycles. The second kappa shape index (κ2) is 7.57. The number of ether oxygens (including phenoxy) is 1. The van der Waals surface area contributed by atoms with Gasteiger partial charge in [0.1, 0.15) is 18.5 Å². The lowest BCUT2D eigenvalue weighted by atomic mass is 10.0. The van der Waals surface area contributed by atoms with E-state index in [2.05, 4.69) is 51.2 Å². The van der Waals surface area contributed by atoms with E-state index in [0.29, 0.717) is 19.2 Å².